The summed E-state index contributed by atoms with van der Waals surface area (Å²) in [5.74, 6) is -2.67. The van der Waals surface area contributed by atoms with Crippen LogP contribution in [-0.4, -0.2) is 65.6 Å². The zero-order chi connectivity index (χ0) is 30.7. The highest BCUT2D eigenvalue weighted by Gasteiger charge is 2.44. The maximum atomic E-state index is 14.0. The Morgan fingerprint density at radius 1 is 0.932 bits per heavy atom. The van der Waals surface area contributed by atoms with Crippen LogP contribution in [0.2, 0.25) is 0 Å². The van der Waals surface area contributed by atoms with E-state index in [0.29, 0.717) is 23.1 Å². The van der Waals surface area contributed by atoms with E-state index in [1.807, 2.05) is 29.2 Å². The highest BCUT2D eigenvalue weighted by Crippen LogP contribution is 2.54. The van der Waals surface area contributed by atoms with Crippen molar-refractivity contribution in [3.05, 3.63) is 66.7 Å². The van der Waals surface area contributed by atoms with E-state index in [1.165, 1.54) is 12.8 Å². The van der Waals surface area contributed by atoms with Crippen molar-refractivity contribution in [1.82, 2.24) is 20.0 Å². The summed E-state index contributed by atoms with van der Waals surface area (Å²) in [6.45, 7) is 2.07. The average molecular weight is 622 g/mol. The Bertz CT molecular complexity index is 1870. The first-order chi connectivity index (χ1) is 21.0. The molecule has 3 aliphatic rings. The first-order valence-corrected chi connectivity index (χ1v) is 16.3. The molecule has 4 heterocycles. The number of nitrogens with two attached hydrogens (primary N) is 1. The molecule has 0 bridgehead atoms. The van der Waals surface area contributed by atoms with Gasteiger partial charge in [-0.2, -0.15) is 0 Å². The van der Waals surface area contributed by atoms with E-state index in [0.717, 1.165) is 53.8 Å². The molecule has 10 nitrogen and oxygen atoms in total. The number of aliphatic hydroxyl groups excluding tert-OH is 1. The van der Waals surface area contributed by atoms with Gasteiger partial charge in [0.1, 0.15) is 10.6 Å². The molecule has 2 aromatic carbocycles. The molecule has 0 unspecified atom stereocenters. The predicted octanol–water partition coefficient (Wildman–Crippen LogP) is 5.24. The number of hydrogen-bond donors (Lipinski definition) is 2. The lowest BCUT2D eigenvalue weighted by molar-refractivity contribution is -0.0220. The molecule has 0 radical (unpaired) electrons. The molecule has 3 fully saturated rings. The Hall–Kier alpha value is -4.10. The fraction of sp³-hybridized carbons (Fsp3) is 0.387. The van der Waals surface area contributed by atoms with E-state index in [1.54, 1.807) is 35.3 Å². The third-order valence-electron chi connectivity index (χ3n) is 9.37. The van der Waals surface area contributed by atoms with Gasteiger partial charge >= 0.3 is 0 Å². The molecule has 3 N–H and O–H groups in total. The summed E-state index contributed by atoms with van der Waals surface area (Å²) >= 11 is 0. The molecule has 0 atom stereocenters. The topological polar surface area (TPSA) is 130 Å². The second kappa shape index (κ2) is 10.5. The van der Waals surface area contributed by atoms with Gasteiger partial charge in [-0.15, -0.1) is 5.10 Å². The van der Waals surface area contributed by atoms with Crippen molar-refractivity contribution in [3.8, 4) is 16.9 Å². The van der Waals surface area contributed by atoms with Crippen molar-refractivity contribution in [2.24, 2.45) is 10.6 Å². The largest absolute Gasteiger partial charge is 0.514 e. The van der Waals surface area contributed by atoms with Crippen LogP contribution in [0.15, 0.2) is 61.1 Å². The SMILES string of the molecule is NS(=O)(=O)C(=CO)c1ccc(-c2cn(-c3cc(N4CCC(F)(F)CC4)c4ncccc4c3)nn2)c(N2CCC3(CC2)CC3)c1. The molecule has 7 rings (SSSR count). The van der Waals surface area contributed by atoms with E-state index < -0.39 is 15.9 Å². The number of aromatic nitrogens is 4. The van der Waals surface area contributed by atoms with E-state index >= 15 is 0 Å². The molecule has 1 aliphatic carbocycles. The lowest BCUT2D eigenvalue weighted by atomic mass is 9.92. The normalized spacial score (nSPS) is 19.9. The van der Waals surface area contributed by atoms with Gasteiger partial charge in [0.15, 0.2) is 0 Å². The monoisotopic (exact) mass is 621 g/mol. The standard InChI is InChI=1S/C31H33F2N7O3S/c32-31(33)9-14-39(15-10-31)27-18-23(16-22-2-1-11-35-29(22)27)40-19-25(36-37-40)24-4-3-21(28(20-41)44(34,42)43)17-26(24)38-12-7-30(5-6-30)8-13-38/h1-4,11,16-20,41H,5-10,12-15H2,(H2,34,42,43). The molecule has 44 heavy (non-hydrogen) atoms. The number of sulfonamides is 1. The Morgan fingerprint density at radius 2 is 1.64 bits per heavy atom. The van der Waals surface area contributed by atoms with Crippen LogP contribution < -0.4 is 14.9 Å². The number of hydrogen-bond acceptors (Lipinski definition) is 8. The number of fused-ring (bicyclic) bond motifs is 1. The van der Waals surface area contributed by atoms with Crippen LogP contribution in [0.1, 0.15) is 44.1 Å². The van der Waals surface area contributed by atoms with E-state index in [-0.39, 0.29) is 36.4 Å². The Kier molecular flexibility index (Phi) is 6.85. The van der Waals surface area contributed by atoms with Crippen LogP contribution in [0.25, 0.3) is 32.8 Å². The van der Waals surface area contributed by atoms with Gasteiger partial charge in [-0.1, -0.05) is 17.3 Å². The van der Waals surface area contributed by atoms with Crippen LogP contribution in [0.4, 0.5) is 20.2 Å². The van der Waals surface area contributed by atoms with Gasteiger partial charge in [-0.25, -0.2) is 27.0 Å². The molecule has 1 spiro atoms. The quantitative estimate of drug-likeness (QED) is 0.280. The fourth-order valence-electron chi connectivity index (χ4n) is 6.49. The van der Waals surface area contributed by atoms with E-state index in [4.69, 9.17) is 5.14 Å². The molecular weight excluding hydrogens is 588 g/mol. The molecular formula is C31H33F2N7O3S. The number of anilines is 2. The first-order valence-electron chi connectivity index (χ1n) is 14.8. The lowest BCUT2D eigenvalue weighted by Gasteiger charge is -2.35. The van der Waals surface area contributed by atoms with Gasteiger partial charge in [0.2, 0.25) is 10.0 Å². The van der Waals surface area contributed by atoms with Crippen LogP contribution in [0.5, 0.6) is 0 Å². The van der Waals surface area contributed by atoms with Crippen molar-refractivity contribution in [2.75, 3.05) is 36.0 Å². The molecule has 2 aliphatic heterocycles. The van der Waals surface area contributed by atoms with Gasteiger partial charge in [-0.05, 0) is 67.0 Å². The molecule has 4 aromatic rings. The number of benzene rings is 2. The Labute approximate surface area is 253 Å². The number of primary sulfonamides is 1. The fourth-order valence-corrected chi connectivity index (χ4v) is 7.10. The third kappa shape index (κ3) is 5.38. The lowest BCUT2D eigenvalue weighted by Crippen LogP contribution is -2.39. The molecule has 0 amide bonds. The Morgan fingerprint density at radius 3 is 2.32 bits per heavy atom. The number of piperidine rings is 2. The van der Waals surface area contributed by atoms with Gasteiger partial charge < -0.3 is 14.9 Å². The summed E-state index contributed by atoms with van der Waals surface area (Å²) < 4.78 is 53.9. The van der Waals surface area contributed by atoms with Crippen LogP contribution in [-0.2, 0) is 10.0 Å². The average Bonchev–Trinajstić information content (AvgIpc) is 3.56. The number of nitrogens with zero attached hydrogens (tertiary/aromatic N) is 6. The van der Waals surface area contributed by atoms with E-state index in [9.17, 15) is 22.3 Å². The maximum Gasteiger partial charge on any atom is 0.251 e. The predicted molar refractivity (Wildman–Crippen MR) is 165 cm³/mol. The molecule has 2 aromatic heterocycles. The summed E-state index contributed by atoms with van der Waals surface area (Å²) in [5.41, 5.74) is 5.06. The van der Waals surface area contributed by atoms with Crippen molar-refractivity contribution in [1.29, 1.82) is 0 Å². The van der Waals surface area contributed by atoms with Crippen LogP contribution in [0, 0.1) is 5.41 Å². The summed E-state index contributed by atoms with van der Waals surface area (Å²) in [7, 11) is -4.16. The van der Waals surface area contributed by atoms with Crippen molar-refractivity contribution >= 4 is 37.2 Å². The van der Waals surface area contributed by atoms with Crippen molar-refractivity contribution < 1.29 is 22.3 Å². The number of aliphatic hydroxyl groups is 1. The Balaban J connectivity index is 1.27. The number of rotatable bonds is 6. The molecule has 2 saturated heterocycles. The smallest absolute Gasteiger partial charge is 0.251 e. The third-order valence-corrected chi connectivity index (χ3v) is 10.3. The van der Waals surface area contributed by atoms with Gasteiger partial charge in [0.25, 0.3) is 5.92 Å². The summed E-state index contributed by atoms with van der Waals surface area (Å²) in [6, 6.07) is 12.7. The van der Waals surface area contributed by atoms with Gasteiger partial charge in [0, 0.05) is 61.9 Å². The minimum Gasteiger partial charge on any atom is -0.514 e. The van der Waals surface area contributed by atoms with Crippen LogP contribution in [0.3, 0.4) is 0 Å². The van der Waals surface area contributed by atoms with E-state index in [2.05, 4.69) is 20.2 Å². The molecule has 1 saturated carbocycles. The van der Waals surface area contributed by atoms with Gasteiger partial charge in [-0.3, -0.25) is 4.98 Å². The number of halogens is 2. The zero-order valence-corrected chi connectivity index (χ0v) is 24.8. The molecule has 230 valence electrons. The van der Waals surface area contributed by atoms with Crippen molar-refractivity contribution in [3.63, 3.8) is 0 Å². The van der Waals surface area contributed by atoms with Crippen LogP contribution >= 0.6 is 0 Å². The van der Waals surface area contributed by atoms with Gasteiger partial charge in [0.05, 0.1) is 29.4 Å². The summed E-state index contributed by atoms with van der Waals surface area (Å²) in [5, 5.41) is 24.9. The molecule has 13 heteroatoms. The highest BCUT2D eigenvalue weighted by atomic mass is 32.2. The number of pyridine rings is 1. The second-order valence-electron chi connectivity index (χ2n) is 12.2. The minimum atomic E-state index is -4.16. The highest BCUT2D eigenvalue weighted by molar-refractivity contribution is 7.98. The minimum absolute atomic E-state index is 0.214. The summed E-state index contributed by atoms with van der Waals surface area (Å²) in [6.07, 6.45) is 8.19. The zero-order valence-electron chi connectivity index (χ0n) is 24.0. The number of alkyl halides is 2. The summed E-state index contributed by atoms with van der Waals surface area (Å²) in [4.78, 5) is 8.37. The maximum absolute atomic E-state index is 14.0. The van der Waals surface area contributed by atoms with Crippen molar-refractivity contribution in [2.45, 2.75) is 44.4 Å². The first kappa shape index (κ1) is 28.7. The second-order valence-corrected chi connectivity index (χ2v) is 13.7.